The summed E-state index contributed by atoms with van der Waals surface area (Å²) < 4.78 is 9.42. The van der Waals surface area contributed by atoms with Gasteiger partial charge in [0.25, 0.3) is 0 Å². The van der Waals surface area contributed by atoms with Gasteiger partial charge in [0, 0.05) is 13.0 Å². The Kier molecular flexibility index (Phi) is 7.85. The van der Waals surface area contributed by atoms with Crippen LogP contribution in [-0.4, -0.2) is 41.5 Å². The quantitative estimate of drug-likeness (QED) is 0.123. The predicted molar refractivity (Wildman–Crippen MR) is 55.9 cm³/mol. The van der Waals surface area contributed by atoms with Gasteiger partial charge in [-0.05, 0) is 6.42 Å². The lowest BCUT2D eigenvalue weighted by atomic mass is 10.3. The minimum Gasteiger partial charge on any atom is -0.460 e. The summed E-state index contributed by atoms with van der Waals surface area (Å²) in [6.07, 6.45) is 4.26. The van der Waals surface area contributed by atoms with Gasteiger partial charge in [0.1, 0.15) is 6.61 Å². The van der Waals surface area contributed by atoms with E-state index in [1.54, 1.807) is 0 Å². The van der Waals surface area contributed by atoms with Crippen molar-refractivity contribution >= 4 is 11.7 Å². The summed E-state index contributed by atoms with van der Waals surface area (Å²) in [5.41, 5.74) is -0.592. The second kappa shape index (κ2) is 8.71. The minimum atomic E-state index is -1.59. The number of aliphatic hydroxyl groups is 1. The summed E-state index contributed by atoms with van der Waals surface area (Å²) >= 11 is 0. The fourth-order valence-corrected chi connectivity index (χ4v) is 0.776. The van der Waals surface area contributed by atoms with Crippen LogP contribution in [0.3, 0.4) is 0 Å². The van der Waals surface area contributed by atoms with E-state index in [1.807, 2.05) is 6.92 Å². The number of rotatable bonds is 7. The van der Waals surface area contributed by atoms with Crippen molar-refractivity contribution in [1.29, 1.82) is 0 Å². The number of terminal acetylenes is 1. The first-order valence-corrected chi connectivity index (χ1v) is 4.79. The molecule has 0 bridgehead atoms. The van der Waals surface area contributed by atoms with Gasteiger partial charge in [0.2, 0.25) is 12.0 Å². The Bertz CT molecular complexity index is 281. The van der Waals surface area contributed by atoms with Crippen molar-refractivity contribution in [2.75, 3.05) is 13.2 Å². The molecule has 0 aromatic rings. The summed E-state index contributed by atoms with van der Waals surface area (Å²) in [5.74, 6) is 1.31. The van der Waals surface area contributed by atoms with Crippen molar-refractivity contribution in [3.05, 3.63) is 0 Å². The molecule has 1 unspecified atom stereocenters. The van der Waals surface area contributed by atoms with Crippen LogP contribution in [0.15, 0.2) is 5.16 Å². The summed E-state index contributed by atoms with van der Waals surface area (Å²) in [4.78, 5) is 11.2. The van der Waals surface area contributed by atoms with Crippen LogP contribution in [0.25, 0.3) is 0 Å². The van der Waals surface area contributed by atoms with Crippen molar-refractivity contribution in [1.82, 2.24) is 0 Å². The normalized spacial score (nSPS) is 12.9. The van der Waals surface area contributed by atoms with Gasteiger partial charge >= 0.3 is 5.97 Å². The second-order valence-electron chi connectivity index (χ2n) is 2.80. The molecule has 6 heteroatoms. The van der Waals surface area contributed by atoms with E-state index in [9.17, 15) is 9.90 Å². The summed E-state index contributed by atoms with van der Waals surface area (Å²) in [6.45, 7) is 2.06. The van der Waals surface area contributed by atoms with Gasteiger partial charge in [-0.25, -0.2) is 4.79 Å². The Morgan fingerprint density at radius 3 is 2.75 bits per heavy atom. The molecule has 90 valence electrons. The Morgan fingerprint density at radius 2 is 2.25 bits per heavy atom. The van der Waals surface area contributed by atoms with E-state index in [4.69, 9.17) is 16.4 Å². The molecular weight excluding hydrogens is 214 g/mol. The highest BCUT2D eigenvalue weighted by atomic mass is 16.6. The Balaban J connectivity index is 4.17. The number of carbonyl (C=O) groups is 1. The van der Waals surface area contributed by atoms with Crippen LogP contribution in [0.1, 0.15) is 19.8 Å². The van der Waals surface area contributed by atoms with Crippen LogP contribution in [0.2, 0.25) is 0 Å². The summed E-state index contributed by atoms with van der Waals surface area (Å²) in [6, 6.07) is 0. The first-order valence-electron chi connectivity index (χ1n) is 4.79. The monoisotopic (exact) mass is 229 g/mol. The average molecular weight is 229 g/mol. The highest BCUT2D eigenvalue weighted by molar-refractivity contribution is 6.37. The van der Waals surface area contributed by atoms with E-state index in [0.717, 1.165) is 0 Å². The maximum Gasteiger partial charge on any atom is 0.361 e. The topological polar surface area (TPSA) is 88.4 Å². The molecule has 0 fully saturated rings. The molecule has 0 radical (unpaired) electrons. The first kappa shape index (κ1) is 14.4. The molecule has 2 N–H and O–H groups in total. The molecular formula is C10H15NO5. The molecule has 0 heterocycles. The van der Waals surface area contributed by atoms with Gasteiger partial charge in [0.15, 0.2) is 0 Å². The standard InChI is InChI=1S/C10H15NO5/c1-3-5-7-16-10(13)8(11-14)9(12)15-6-4-2/h1,9,12,14H,4-7H2,2H3. The van der Waals surface area contributed by atoms with Gasteiger partial charge in [-0.2, -0.15) is 0 Å². The first-order chi connectivity index (χ1) is 7.67. The fraction of sp³-hybridized carbons (Fsp3) is 0.600. The number of nitrogens with zero attached hydrogens (tertiary/aromatic N) is 1. The molecule has 0 aromatic carbocycles. The number of esters is 1. The lowest BCUT2D eigenvalue weighted by Crippen LogP contribution is -2.33. The lowest BCUT2D eigenvalue weighted by molar-refractivity contribution is -0.138. The average Bonchev–Trinajstić information content (AvgIpc) is 2.27. The van der Waals surface area contributed by atoms with E-state index < -0.39 is 18.0 Å². The van der Waals surface area contributed by atoms with Crippen molar-refractivity contribution in [2.24, 2.45) is 5.16 Å². The molecule has 1 atom stereocenters. The number of aliphatic hydroxyl groups excluding tert-OH is 1. The third-order valence-corrected chi connectivity index (χ3v) is 1.51. The molecule has 0 saturated carbocycles. The third kappa shape index (κ3) is 5.34. The molecule has 6 nitrogen and oxygen atoms in total. The molecule has 16 heavy (non-hydrogen) atoms. The van der Waals surface area contributed by atoms with Crippen LogP contribution in [0.4, 0.5) is 0 Å². The van der Waals surface area contributed by atoms with E-state index in [2.05, 4.69) is 15.8 Å². The van der Waals surface area contributed by atoms with Crippen molar-refractivity contribution < 1.29 is 24.6 Å². The second-order valence-corrected chi connectivity index (χ2v) is 2.80. The molecule has 0 rings (SSSR count). The highest BCUT2D eigenvalue weighted by Crippen LogP contribution is 1.97. The maximum absolute atomic E-state index is 11.2. The Hall–Kier alpha value is -1.58. The highest BCUT2D eigenvalue weighted by Gasteiger charge is 2.23. The zero-order valence-electron chi connectivity index (χ0n) is 9.05. The molecule has 0 amide bonds. The number of carbonyl (C=O) groups excluding carboxylic acids is 1. The van der Waals surface area contributed by atoms with Crippen LogP contribution < -0.4 is 0 Å². The van der Waals surface area contributed by atoms with Gasteiger partial charge in [-0.3, -0.25) is 0 Å². The predicted octanol–water partition coefficient (Wildman–Crippen LogP) is 0.128. The molecule has 0 saturated heterocycles. The van der Waals surface area contributed by atoms with Crippen LogP contribution in [0, 0.1) is 12.3 Å². The van der Waals surface area contributed by atoms with Crippen LogP contribution in [-0.2, 0) is 14.3 Å². The zero-order valence-corrected chi connectivity index (χ0v) is 9.05. The SMILES string of the molecule is C#CCCOC(=O)C(=NO)C(O)OCCC. The minimum absolute atomic E-state index is 0.00511. The van der Waals surface area contributed by atoms with Crippen LogP contribution in [0.5, 0.6) is 0 Å². The fourth-order valence-electron chi connectivity index (χ4n) is 0.776. The third-order valence-electron chi connectivity index (χ3n) is 1.51. The molecule has 0 aromatic heterocycles. The van der Waals surface area contributed by atoms with E-state index in [1.165, 1.54) is 0 Å². The van der Waals surface area contributed by atoms with Crippen molar-refractivity contribution in [3.8, 4) is 12.3 Å². The molecule has 0 aliphatic rings. The number of ether oxygens (including phenoxy) is 2. The van der Waals surface area contributed by atoms with E-state index in [-0.39, 0.29) is 19.6 Å². The van der Waals surface area contributed by atoms with Crippen molar-refractivity contribution in [3.63, 3.8) is 0 Å². The van der Waals surface area contributed by atoms with Gasteiger partial charge < -0.3 is 19.8 Å². The lowest BCUT2D eigenvalue weighted by Gasteiger charge is -2.11. The van der Waals surface area contributed by atoms with Crippen molar-refractivity contribution in [2.45, 2.75) is 26.1 Å². The maximum atomic E-state index is 11.2. The molecule has 0 aliphatic carbocycles. The number of hydrogen-bond donors (Lipinski definition) is 2. The Labute approximate surface area is 93.8 Å². The Morgan fingerprint density at radius 1 is 1.56 bits per heavy atom. The molecule has 0 spiro atoms. The van der Waals surface area contributed by atoms with Gasteiger partial charge in [0.05, 0.1) is 0 Å². The zero-order chi connectivity index (χ0) is 12.4. The van der Waals surface area contributed by atoms with E-state index >= 15 is 0 Å². The smallest absolute Gasteiger partial charge is 0.361 e. The van der Waals surface area contributed by atoms with E-state index in [0.29, 0.717) is 6.42 Å². The van der Waals surface area contributed by atoms with Crippen LogP contribution >= 0.6 is 0 Å². The summed E-state index contributed by atoms with van der Waals surface area (Å²) in [7, 11) is 0. The number of hydrogen-bond acceptors (Lipinski definition) is 6. The van der Waals surface area contributed by atoms with Gasteiger partial charge in [-0.1, -0.05) is 12.1 Å². The summed E-state index contributed by atoms with van der Waals surface area (Å²) in [5, 5.41) is 20.5. The van der Waals surface area contributed by atoms with Gasteiger partial charge in [-0.15, -0.1) is 12.3 Å². The largest absolute Gasteiger partial charge is 0.460 e. The molecule has 0 aliphatic heterocycles. The number of oxime groups is 1.